The molecule has 0 saturated carbocycles. The minimum absolute atomic E-state index is 0. The van der Waals surface area contributed by atoms with Gasteiger partial charge >= 0.3 is 0 Å². The first-order valence-electron chi connectivity index (χ1n) is 7.44. The number of nitrogens with zero attached hydrogens (tertiary/aromatic N) is 3. The molecule has 0 aliphatic rings. The molecule has 2 N–H and O–H groups in total. The van der Waals surface area contributed by atoms with Crippen LogP contribution in [0.15, 0.2) is 41.7 Å². The lowest BCUT2D eigenvalue weighted by atomic mass is 10.2. The second kappa shape index (κ2) is 10.2. The van der Waals surface area contributed by atoms with E-state index in [2.05, 4.69) is 27.6 Å². The SMILES string of the molecule is CN=C(NCc1cc(F)ccc1F)NCC(C)Cn1cccn1.I. The quantitative estimate of drug-likeness (QED) is 0.405. The summed E-state index contributed by atoms with van der Waals surface area (Å²) in [5.74, 6) is -0.0271. The third kappa shape index (κ3) is 6.42. The molecular formula is C16H22F2IN5. The van der Waals surface area contributed by atoms with Gasteiger partial charge in [0.25, 0.3) is 0 Å². The van der Waals surface area contributed by atoms with Crippen LogP contribution in [0.3, 0.4) is 0 Å². The van der Waals surface area contributed by atoms with Crippen molar-refractivity contribution in [3.63, 3.8) is 0 Å². The highest BCUT2D eigenvalue weighted by Gasteiger charge is 2.07. The molecule has 1 unspecified atom stereocenters. The van der Waals surface area contributed by atoms with Gasteiger partial charge in [-0.05, 0) is 30.2 Å². The highest BCUT2D eigenvalue weighted by Crippen LogP contribution is 2.09. The minimum Gasteiger partial charge on any atom is -0.356 e. The van der Waals surface area contributed by atoms with Gasteiger partial charge in [-0.1, -0.05) is 6.92 Å². The van der Waals surface area contributed by atoms with Crippen LogP contribution < -0.4 is 10.6 Å². The van der Waals surface area contributed by atoms with Crippen molar-refractivity contribution in [2.24, 2.45) is 10.9 Å². The van der Waals surface area contributed by atoms with Crippen molar-refractivity contribution in [2.75, 3.05) is 13.6 Å². The van der Waals surface area contributed by atoms with Gasteiger partial charge in [-0.15, -0.1) is 24.0 Å². The van der Waals surface area contributed by atoms with Crippen LogP contribution in [0, 0.1) is 17.6 Å². The van der Waals surface area contributed by atoms with Crippen molar-refractivity contribution in [3.05, 3.63) is 53.9 Å². The molecule has 1 aromatic carbocycles. The van der Waals surface area contributed by atoms with Crippen molar-refractivity contribution in [1.29, 1.82) is 0 Å². The largest absolute Gasteiger partial charge is 0.356 e. The van der Waals surface area contributed by atoms with E-state index in [0.717, 1.165) is 18.7 Å². The molecule has 0 spiro atoms. The molecule has 0 amide bonds. The van der Waals surface area contributed by atoms with E-state index in [-0.39, 0.29) is 36.1 Å². The maximum Gasteiger partial charge on any atom is 0.191 e. The first-order valence-corrected chi connectivity index (χ1v) is 7.44. The van der Waals surface area contributed by atoms with E-state index in [0.29, 0.717) is 18.4 Å². The van der Waals surface area contributed by atoms with Crippen molar-refractivity contribution >= 4 is 29.9 Å². The van der Waals surface area contributed by atoms with Gasteiger partial charge in [0, 0.05) is 44.6 Å². The lowest BCUT2D eigenvalue weighted by Gasteiger charge is -2.16. The van der Waals surface area contributed by atoms with E-state index in [9.17, 15) is 8.78 Å². The van der Waals surface area contributed by atoms with Crippen molar-refractivity contribution < 1.29 is 8.78 Å². The van der Waals surface area contributed by atoms with Gasteiger partial charge in [-0.2, -0.15) is 5.10 Å². The molecule has 0 saturated heterocycles. The molecule has 1 aromatic heterocycles. The van der Waals surface area contributed by atoms with Gasteiger partial charge in [0.15, 0.2) is 5.96 Å². The van der Waals surface area contributed by atoms with Crippen molar-refractivity contribution in [2.45, 2.75) is 20.0 Å². The van der Waals surface area contributed by atoms with E-state index in [1.807, 2.05) is 16.9 Å². The third-order valence-electron chi connectivity index (χ3n) is 3.35. The number of halogens is 3. The average Bonchev–Trinajstić information content (AvgIpc) is 3.03. The topological polar surface area (TPSA) is 54.2 Å². The van der Waals surface area contributed by atoms with E-state index in [1.54, 1.807) is 13.2 Å². The van der Waals surface area contributed by atoms with E-state index in [4.69, 9.17) is 0 Å². The van der Waals surface area contributed by atoms with Gasteiger partial charge in [0.2, 0.25) is 0 Å². The molecule has 0 bridgehead atoms. The maximum absolute atomic E-state index is 13.6. The van der Waals surface area contributed by atoms with Gasteiger partial charge < -0.3 is 10.6 Å². The smallest absolute Gasteiger partial charge is 0.191 e. The van der Waals surface area contributed by atoms with Gasteiger partial charge in [-0.3, -0.25) is 9.67 Å². The molecule has 1 atom stereocenters. The molecule has 24 heavy (non-hydrogen) atoms. The summed E-state index contributed by atoms with van der Waals surface area (Å²) in [5, 5.41) is 10.3. The number of nitrogens with one attached hydrogen (secondary N) is 2. The fourth-order valence-corrected chi connectivity index (χ4v) is 2.14. The Bertz CT molecular complexity index is 646. The van der Waals surface area contributed by atoms with E-state index >= 15 is 0 Å². The Balaban J connectivity index is 0.00000288. The molecular weight excluding hydrogens is 427 g/mol. The fourth-order valence-electron chi connectivity index (χ4n) is 2.14. The van der Waals surface area contributed by atoms with Gasteiger partial charge in [-0.25, -0.2) is 8.78 Å². The zero-order valence-corrected chi connectivity index (χ0v) is 16.0. The van der Waals surface area contributed by atoms with E-state index < -0.39 is 11.6 Å². The first kappa shape index (κ1) is 20.3. The molecule has 8 heteroatoms. The summed E-state index contributed by atoms with van der Waals surface area (Å²) in [5.41, 5.74) is 0.262. The van der Waals surface area contributed by atoms with Crippen LogP contribution >= 0.6 is 24.0 Å². The molecule has 0 fully saturated rings. The summed E-state index contributed by atoms with van der Waals surface area (Å²) in [4.78, 5) is 4.08. The Morgan fingerprint density at radius 1 is 1.33 bits per heavy atom. The zero-order valence-electron chi connectivity index (χ0n) is 13.7. The molecule has 5 nitrogen and oxygen atoms in total. The minimum atomic E-state index is -0.459. The van der Waals surface area contributed by atoms with Crippen LogP contribution in [-0.4, -0.2) is 29.3 Å². The Morgan fingerprint density at radius 3 is 2.79 bits per heavy atom. The predicted molar refractivity (Wildman–Crippen MR) is 101 cm³/mol. The fraction of sp³-hybridized carbons (Fsp3) is 0.375. The first-order chi connectivity index (χ1) is 11.1. The standard InChI is InChI=1S/C16H21F2N5.HI/c1-12(11-23-7-3-6-22-23)9-20-16(19-2)21-10-13-8-14(17)4-5-15(13)18;/h3-8,12H,9-11H2,1-2H3,(H2,19,20,21);1H. The maximum atomic E-state index is 13.6. The van der Waals surface area contributed by atoms with Gasteiger partial charge in [0.1, 0.15) is 11.6 Å². The second-order valence-corrected chi connectivity index (χ2v) is 5.38. The molecule has 0 aliphatic heterocycles. The lowest BCUT2D eigenvalue weighted by Crippen LogP contribution is -2.39. The number of aromatic nitrogens is 2. The third-order valence-corrected chi connectivity index (χ3v) is 3.35. The summed E-state index contributed by atoms with van der Waals surface area (Å²) < 4.78 is 28.6. The van der Waals surface area contributed by atoms with Crippen LogP contribution in [0.2, 0.25) is 0 Å². The highest BCUT2D eigenvalue weighted by molar-refractivity contribution is 14.0. The Labute approximate surface area is 157 Å². The van der Waals surface area contributed by atoms with Crippen LogP contribution in [0.25, 0.3) is 0 Å². The normalized spacial score (nSPS) is 12.4. The summed E-state index contributed by atoms with van der Waals surface area (Å²) >= 11 is 0. The number of aliphatic imine (C=N–C) groups is 1. The van der Waals surface area contributed by atoms with Crippen LogP contribution in [0.4, 0.5) is 8.78 Å². The molecule has 132 valence electrons. The van der Waals surface area contributed by atoms with Crippen LogP contribution in [0.5, 0.6) is 0 Å². The van der Waals surface area contributed by atoms with E-state index in [1.165, 1.54) is 6.07 Å². The molecule has 2 rings (SSSR count). The highest BCUT2D eigenvalue weighted by atomic mass is 127. The summed E-state index contributed by atoms with van der Waals surface area (Å²) in [6.45, 7) is 3.73. The Morgan fingerprint density at radius 2 is 2.12 bits per heavy atom. The predicted octanol–water partition coefficient (Wildman–Crippen LogP) is 2.78. The lowest BCUT2D eigenvalue weighted by molar-refractivity contribution is 0.443. The summed E-state index contributed by atoms with van der Waals surface area (Å²) in [6, 6.07) is 5.28. The van der Waals surface area contributed by atoms with Crippen molar-refractivity contribution in [1.82, 2.24) is 20.4 Å². The summed E-state index contributed by atoms with van der Waals surface area (Å²) in [6.07, 6.45) is 3.66. The molecule has 0 aliphatic carbocycles. The monoisotopic (exact) mass is 449 g/mol. The zero-order chi connectivity index (χ0) is 16.7. The van der Waals surface area contributed by atoms with Gasteiger partial charge in [0.05, 0.1) is 0 Å². The van der Waals surface area contributed by atoms with Crippen LogP contribution in [-0.2, 0) is 13.1 Å². The number of rotatable bonds is 6. The molecule has 0 radical (unpaired) electrons. The Kier molecular flexibility index (Phi) is 8.66. The van der Waals surface area contributed by atoms with Crippen LogP contribution in [0.1, 0.15) is 12.5 Å². The number of hydrogen-bond acceptors (Lipinski definition) is 2. The Hall–Kier alpha value is -1.71. The number of guanidine groups is 1. The molecule has 2 aromatic rings. The van der Waals surface area contributed by atoms with Crippen molar-refractivity contribution in [3.8, 4) is 0 Å². The number of benzene rings is 1. The second-order valence-electron chi connectivity index (χ2n) is 5.38. The average molecular weight is 449 g/mol. The molecule has 1 heterocycles. The summed E-state index contributed by atoms with van der Waals surface area (Å²) in [7, 11) is 1.63. The number of hydrogen-bond donors (Lipinski definition) is 2.